The Kier molecular flexibility index (Phi) is 4.54. The molecule has 1 aromatic rings. The highest BCUT2D eigenvalue weighted by Gasteiger charge is 2.42. The van der Waals surface area contributed by atoms with Gasteiger partial charge in [-0.15, -0.1) is 10.2 Å². The first-order valence-electron chi connectivity index (χ1n) is 6.81. The number of methoxy groups -OCH3 is 1. The van der Waals surface area contributed by atoms with E-state index >= 15 is 0 Å². The third-order valence-corrected chi connectivity index (χ3v) is 4.13. The lowest BCUT2D eigenvalue weighted by atomic mass is 9.94. The third-order valence-electron chi connectivity index (χ3n) is 4.13. The Morgan fingerprint density at radius 3 is 2.52 bits per heavy atom. The summed E-state index contributed by atoms with van der Waals surface area (Å²) < 4.78 is 44.8. The summed E-state index contributed by atoms with van der Waals surface area (Å²) in [6.07, 6.45) is -3.73. The van der Waals surface area contributed by atoms with Crippen LogP contribution in [0.3, 0.4) is 0 Å². The van der Waals surface area contributed by atoms with E-state index < -0.39 is 12.0 Å². The second-order valence-corrected chi connectivity index (χ2v) is 5.23. The number of nitrogens with two attached hydrogens (primary N) is 1. The average Bonchev–Trinajstić information content (AvgIpc) is 2.88. The van der Waals surface area contributed by atoms with Crippen LogP contribution in [0.1, 0.15) is 25.0 Å². The summed E-state index contributed by atoms with van der Waals surface area (Å²) in [5.74, 6) is -0.616. The van der Waals surface area contributed by atoms with Crippen molar-refractivity contribution in [2.24, 2.45) is 5.73 Å². The predicted octanol–water partition coefficient (Wildman–Crippen LogP) is 0.866. The molecule has 0 amide bonds. The number of aromatic nitrogens is 3. The summed E-state index contributed by atoms with van der Waals surface area (Å²) in [4.78, 5) is 2.04. The van der Waals surface area contributed by atoms with Gasteiger partial charge in [0.2, 0.25) is 5.82 Å². The molecule has 1 aliphatic heterocycles. The van der Waals surface area contributed by atoms with Crippen molar-refractivity contribution in [1.29, 1.82) is 0 Å². The van der Waals surface area contributed by atoms with Crippen LogP contribution < -0.4 is 5.73 Å². The van der Waals surface area contributed by atoms with E-state index in [2.05, 4.69) is 10.2 Å². The predicted molar refractivity (Wildman–Crippen MR) is 69.4 cm³/mol. The van der Waals surface area contributed by atoms with Gasteiger partial charge in [-0.05, 0) is 6.42 Å². The van der Waals surface area contributed by atoms with Gasteiger partial charge in [0.1, 0.15) is 5.82 Å². The van der Waals surface area contributed by atoms with Crippen molar-refractivity contribution in [2.75, 3.05) is 26.8 Å². The molecule has 0 bridgehead atoms. The van der Waals surface area contributed by atoms with Gasteiger partial charge < -0.3 is 15.0 Å². The minimum atomic E-state index is -4.48. The summed E-state index contributed by atoms with van der Waals surface area (Å²) in [6, 6.07) is 0. The molecule has 0 saturated heterocycles. The van der Waals surface area contributed by atoms with E-state index in [1.807, 2.05) is 11.8 Å². The van der Waals surface area contributed by atoms with Crippen molar-refractivity contribution in [3.63, 3.8) is 0 Å². The molecular weight excluding hydrogens is 287 g/mol. The van der Waals surface area contributed by atoms with Crippen LogP contribution in [0.25, 0.3) is 0 Å². The van der Waals surface area contributed by atoms with Crippen LogP contribution in [0, 0.1) is 0 Å². The fraction of sp³-hybridized carbons (Fsp3) is 0.833. The highest BCUT2D eigenvalue weighted by Crippen LogP contribution is 2.31. The Hall–Kier alpha value is -1.19. The first-order valence-corrected chi connectivity index (χ1v) is 6.81. The average molecular weight is 307 g/mol. The van der Waals surface area contributed by atoms with E-state index in [4.69, 9.17) is 10.5 Å². The normalized spacial score (nSPS) is 19.3. The molecule has 1 aliphatic rings. The Morgan fingerprint density at radius 1 is 1.29 bits per heavy atom. The van der Waals surface area contributed by atoms with Gasteiger partial charge in [-0.1, -0.05) is 6.92 Å². The highest BCUT2D eigenvalue weighted by molar-refractivity contribution is 5.05. The first-order chi connectivity index (χ1) is 9.88. The second kappa shape index (κ2) is 5.90. The molecule has 2 rings (SSSR count). The van der Waals surface area contributed by atoms with Crippen LogP contribution in [0.5, 0.6) is 0 Å². The summed E-state index contributed by atoms with van der Waals surface area (Å²) in [5, 5.41) is 6.97. The van der Waals surface area contributed by atoms with E-state index in [9.17, 15) is 13.2 Å². The van der Waals surface area contributed by atoms with Gasteiger partial charge in [0.25, 0.3) is 0 Å². The molecule has 2 heterocycles. The van der Waals surface area contributed by atoms with E-state index in [0.717, 1.165) is 11.0 Å². The minimum Gasteiger partial charge on any atom is -0.383 e. The number of hydrogen-bond donors (Lipinski definition) is 1. The third kappa shape index (κ3) is 2.90. The van der Waals surface area contributed by atoms with Crippen molar-refractivity contribution in [3.05, 3.63) is 11.6 Å². The number of rotatable bonds is 5. The molecule has 0 saturated carbocycles. The van der Waals surface area contributed by atoms with Gasteiger partial charge in [0.05, 0.1) is 18.7 Å². The lowest BCUT2D eigenvalue weighted by molar-refractivity contribution is -0.148. The van der Waals surface area contributed by atoms with Crippen LogP contribution in [-0.4, -0.2) is 52.0 Å². The molecule has 0 radical (unpaired) electrons. The molecule has 1 atom stereocenters. The molecular formula is C12H20F3N5O. The zero-order valence-corrected chi connectivity index (χ0v) is 12.2. The van der Waals surface area contributed by atoms with Crippen molar-refractivity contribution < 1.29 is 17.9 Å². The van der Waals surface area contributed by atoms with Gasteiger partial charge in [-0.25, -0.2) is 0 Å². The summed E-state index contributed by atoms with van der Waals surface area (Å²) in [5.41, 5.74) is 5.50. The maximum atomic E-state index is 12.8. The molecule has 1 unspecified atom stereocenters. The van der Waals surface area contributed by atoms with E-state index in [0.29, 0.717) is 25.5 Å². The molecule has 6 nitrogen and oxygen atoms in total. The molecule has 0 fully saturated rings. The Bertz CT molecular complexity index is 484. The lowest BCUT2D eigenvalue weighted by Crippen LogP contribution is -2.58. The molecule has 1 aromatic heterocycles. The number of nitrogens with zero attached hydrogens (tertiary/aromatic N) is 4. The van der Waals surface area contributed by atoms with E-state index in [1.165, 1.54) is 0 Å². The van der Waals surface area contributed by atoms with Crippen LogP contribution in [0.2, 0.25) is 0 Å². The first kappa shape index (κ1) is 16.2. The maximum Gasteiger partial charge on any atom is 0.451 e. The maximum absolute atomic E-state index is 12.8. The number of alkyl halides is 3. The van der Waals surface area contributed by atoms with Crippen LogP contribution in [-0.2, 0) is 24.0 Å². The number of ether oxygens (including phenoxy) is 1. The molecule has 0 aliphatic carbocycles. The van der Waals surface area contributed by atoms with Crippen molar-refractivity contribution in [3.8, 4) is 0 Å². The van der Waals surface area contributed by atoms with Crippen LogP contribution in [0.15, 0.2) is 0 Å². The molecule has 0 spiro atoms. The van der Waals surface area contributed by atoms with Gasteiger partial charge in [-0.3, -0.25) is 4.90 Å². The molecule has 2 N–H and O–H groups in total. The number of fused-ring (bicyclic) bond motifs is 1. The van der Waals surface area contributed by atoms with Crippen LogP contribution in [0.4, 0.5) is 13.2 Å². The standard InChI is InChI=1S/C12H20F3N5O/c1-3-11(7-16,8-21-2)19-4-5-20-9(6-19)17-18-10(20)12(13,14)15/h3-8,16H2,1-2H3. The molecule has 21 heavy (non-hydrogen) atoms. The molecule has 9 heteroatoms. The zero-order chi connectivity index (χ0) is 15.7. The lowest BCUT2D eigenvalue weighted by Gasteiger charge is -2.44. The van der Waals surface area contributed by atoms with Crippen molar-refractivity contribution >= 4 is 0 Å². The topological polar surface area (TPSA) is 69.2 Å². The largest absolute Gasteiger partial charge is 0.451 e. The van der Waals surface area contributed by atoms with Gasteiger partial charge >= 0.3 is 6.18 Å². The Balaban J connectivity index is 2.25. The smallest absolute Gasteiger partial charge is 0.383 e. The Morgan fingerprint density at radius 2 is 2.00 bits per heavy atom. The number of halogens is 3. The SMILES string of the molecule is CCC(CN)(COC)N1CCn2c(nnc2C(F)(F)F)C1. The van der Waals surface area contributed by atoms with E-state index in [-0.39, 0.29) is 18.6 Å². The van der Waals surface area contributed by atoms with Gasteiger partial charge in [-0.2, -0.15) is 13.2 Å². The van der Waals surface area contributed by atoms with Crippen molar-refractivity contribution in [1.82, 2.24) is 19.7 Å². The monoisotopic (exact) mass is 307 g/mol. The van der Waals surface area contributed by atoms with Crippen LogP contribution >= 0.6 is 0 Å². The second-order valence-electron chi connectivity index (χ2n) is 5.23. The fourth-order valence-electron chi connectivity index (χ4n) is 2.79. The zero-order valence-electron chi connectivity index (χ0n) is 12.2. The molecule has 0 aromatic carbocycles. The van der Waals surface area contributed by atoms with Crippen molar-refractivity contribution in [2.45, 2.75) is 38.1 Å². The quantitative estimate of drug-likeness (QED) is 0.874. The Labute approximate surface area is 121 Å². The number of hydrogen-bond acceptors (Lipinski definition) is 5. The molecule has 120 valence electrons. The fourth-order valence-corrected chi connectivity index (χ4v) is 2.79. The van der Waals surface area contributed by atoms with Gasteiger partial charge in [0, 0.05) is 26.7 Å². The summed E-state index contributed by atoms with van der Waals surface area (Å²) in [7, 11) is 1.59. The summed E-state index contributed by atoms with van der Waals surface area (Å²) >= 11 is 0. The minimum absolute atomic E-state index is 0.197. The van der Waals surface area contributed by atoms with Gasteiger partial charge in [0.15, 0.2) is 0 Å². The summed E-state index contributed by atoms with van der Waals surface area (Å²) in [6.45, 7) is 3.74. The highest BCUT2D eigenvalue weighted by atomic mass is 19.4. The van der Waals surface area contributed by atoms with E-state index in [1.54, 1.807) is 7.11 Å².